The number of benzene rings is 5. The molecule has 5 aromatic carbocycles. The molecule has 10 heteroatoms. The van der Waals surface area contributed by atoms with Crippen molar-refractivity contribution in [1.82, 2.24) is 4.98 Å². The van der Waals surface area contributed by atoms with Crippen molar-refractivity contribution in [3.05, 3.63) is 167 Å². The Labute approximate surface area is 338 Å². The minimum Gasteiger partial charge on any atom is -0.507 e. The van der Waals surface area contributed by atoms with Crippen LogP contribution in [0.5, 0.6) is 5.75 Å². The van der Waals surface area contributed by atoms with Crippen molar-refractivity contribution in [3.8, 4) is 17.2 Å². The highest BCUT2D eigenvalue weighted by Crippen LogP contribution is 2.65. The lowest BCUT2D eigenvalue weighted by Gasteiger charge is -2.50. The Kier molecular flexibility index (Phi) is 8.35. The van der Waals surface area contributed by atoms with Crippen LogP contribution < -0.4 is 9.80 Å². The van der Waals surface area contributed by atoms with E-state index in [1.165, 1.54) is 9.80 Å². The largest absolute Gasteiger partial charge is 0.507 e. The maximum Gasteiger partial charge on any atom is 0.246 e. The van der Waals surface area contributed by atoms with Gasteiger partial charge in [-0.05, 0) is 90.9 Å². The first kappa shape index (κ1) is 35.8. The number of amides is 4. The molecule has 0 spiro atoms. The van der Waals surface area contributed by atoms with Crippen LogP contribution in [0.4, 0.5) is 11.4 Å². The number of hydrogen-bond acceptors (Lipinski definition) is 7. The Morgan fingerprint density at radius 2 is 1.57 bits per heavy atom. The van der Waals surface area contributed by atoms with Gasteiger partial charge in [-0.3, -0.25) is 24.1 Å². The van der Waals surface area contributed by atoms with E-state index in [2.05, 4.69) is 11.6 Å². The minimum atomic E-state index is -1.51. The molecule has 58 heavy (non-hydrogen) atoms. The number of para-hydroxylation sites is 3. The number of carbonyl (C=O) groups excluding carboxylic acids is 4. The number of rotatable bonds is 7. The molecule has 0 bridgehead atoms. The van der Waals surface area contributed by atoms with Gasteiger partial charge in [0.05, 0.1) is 34.5 Å². The number of oxazole rings is 1. The van der Waals surface area contributed by atoms with Gasteiger partial charge in [-0.1, -0.05) is 96.1 Å². The summed E-state index contributed by atoms with van der Waals surface area (Å²) < 4.78 is 5.96. The van der Waals surface area contributed by atoms with Crippen molar-refractivity contribution in [2.45, 2.75) is 30.6 Å². The topological polar surface area (TPSA) is 121 Å². The average molecular weight is 786 g/mol. The summed E-state index contributed by atoms with van der Waals surface area (Å²) in [6.07, 6.45) is 4.44. The van der Waals surface area contributed by atoms with E-state index in [9.17, 15) is 14.7 Å². The van der Waals surface area contributed by atoms with Crippen molar-refractivity contribution in [1.29, 1.82) is 0 Å². The van der Waals surface area contributed by atoms with Crippen LogP contribution in [-0.4, -0.2) is 33.7 Å². The van der Waals surface area contributed by atoms with Gasteiger partial charge in [0, 0.05) is 22.1 Å². The molecule has 6 atom stereocenters. The van der Waals surface area contributed by atoms with E-state index in [1.54, 1.807) is 60.7 Å². The fourth-order valence-corrected chi connectivity index (χ4v) is 10.4. The molecule has 4 amide bonds. The number of fused-ring (bicyclic) bond motifs is 5. The van der Waals surface area contributed by atoms with Crippen LogP contribution in [0.25, 0.3) is 22.6 Å². The van der Waals surface area contributed by atoms with Crippen molar-refractivity contribution in [2.75, 3.05) is 9.80 Å². The number of carbonyl (C=O) groups is 4. The third-order valence-corrected chi connectivity index (χ3v) is 12.9. The summed E-state index contributed by atoms with van der Waals surface area (Å²) in [5, 5.41) is 12.5. The van der Waals surface area contributed by atoms with Gasteiger partial charge in [-0.15, -0.1) is 6.58 Å². The predicted octanol–water partition coefficient (Wildman–Crippen LogP) is 8.95. The van der Waals surface area contributed by atoms with Gasteiger partial charge in [0.15, 0.2) is 5.58 Å². The first-order valence-corrected chi connectivity index (χ1v) is 19.7. The molecule has 3 heterocycles. The van der Waals surface area contributed by atoms with E-state index < -0.39 is 46.8 Å². The molecule has 4 aliphatic rings. The van der Waals surface area contributed by atoms with Gasteiger partial charge in [0.2, 0.25) is 29.5 Å². The zero-order valence-electron chi connectivity index (χ0n) is 31.1. The number of allylic oxidation sites excluding steroid dienone is 3. The highest BCUT2D eigenvalue weighted by atomic mass is 35.5. The number of phenolic OH excluding ortho intramolecular Hbond substituents is 1. The molecule has 0 radical (unpaired) electrons. The van der Waals surface area contributed by atoms with Crippen LogP contribution in [0.3, 0.4) is 0 Å². The third kappa shape index (κ3) is 5.12. The van der Waals surface area contributed by atoms with Crippen molar-refractivity contribution in [3.63, 3.8) is 0 Å². The average Bonchev–Trinajstić information content (AvgIpc) is 3.86. The van der Waals surface area contributed by atoms with E-state index in [0.717, 1.165) is 11.1 Å². The van der Waals surface area contributed by atoms with Gasteiger partial charge in [-0.2, -0.15) is 0 Å². The van der Waals surface area contributed by atoms with E-state index >= 15 is 9.59 Å². The number of aromatic hydroxyl groups is 1. The SMILES string of the molecule is C=CCc1cccc(C2C3=CCC4C(=O)N(c5ccc(-c6nc7ccccc7o6)cc5)C(=O)C4C3CC3C(=O)N(c4cccc(Cl)c4)C(=O)C32c2ccccc2)c1O. The van der Waals surface area contributed by atoms with Gasteiger partial charge in [0.1, 0.15) is 11.3 Å². The second-order valence-corrected chi connectivity index (χ2v) is 15.9. The lowest BCUT2D eigenvalue weighted by atomic mass is 9.49. The standard InChI is InChI=1S/C48H36ClN3O6/c1-2-10-27-11-8-16-35(42(27)53)41-33-23-24-34-40(46(56)51(44(34)54)31-21-19-28(20-22-31)43-50-38-17-6-7-18-39(38)58-43)36(33)26-37-45(55)52(32-15-9-14-30(49)25-32)47(57)48(37,41)29-12-4-3-5-13-29/h2-9,11-23,25,34,36-37,40-41,53H,1,10,24,26H2. The Balaban J connectivity index is 1.11. The highest BCUT2D eigenvalue weighted by Gasteiger charge is 2.70. The molecule has 2 aliphatic heterocycles. The first-order chi connectivity index (χ1) is 28.2. The number of phenols is 1. The molecule has 1 aromatic heterocycles. The van der Waals surface area contributed by atoms with Crippen molar-refractivity contribution >= 4 is 57.7 Å². The normalized spacial score (nSPS) is 25.1. The van der Waals surface area contributed by atoms with Gasteiger partial charge >= 0.3 is 0 Å². The zero-order valence-corrected chi connectivity index (χ0v) is 31.9. The predicted molar refractivity (Wildman–Crippen MR) is 220 cm³/mol. The van der Waals surface area contributed by atoms with Crippen LogP contribution in [-0.2, 0) is 31.0 Å². The fraction of sp³-hybridized carbons (Fsp3) is 0.188. The smallest absolute Gasteiger partial charge is 0.246 e. The summed E-state index contributed by atoms with van der Waals surface area (Å²) in [4.78, 5) is 66.9. The maximum absolute atomic E-state index is 15.5. The molecule has 2 saturated heterocycles. The number of anilines is 2. The van der Waals surface area contributed by atoms with E-state index in [1.807, 2.05) is 72.8 Å². The highest BCUT2D eigenvalue weighted by molar-refractivity contribution is 6.32. The number of nitrogens with zero attached hydrogens (tertiary/aromatic N) is 3. The summed E-state index contributed by atoms with van der Waals surface area (Å²) >= 11 is 6.45. The van der Waals surface area contributed by atoms with E-state index in [-0.39, 0.29) is 30.4 Å². The number of imide groups is 2. The molecular formula is C48H36ClN3O6. The number of halogens is 1. The lowest BCUT2D eigenvalue weighted by molar-refractivity contribution is -0.127. The van der Waals surface area contributed by atoms with Crippen LogP contribution in [0.15, 0.2) is 150 Å². The monoisotopic (exact) mass is 785 g/mol. The molecule has 9 nitrogen and oxygen atoms in total. The molecule has 6 unspecified atom stereocenters. The number of hydrogen-bond donors (Lipinski definition) is 1. The molecule has 1 N–H and O–H groups in total. The summed E-state index contributed by atoms with van der Waals surface area (Å²) in [6.45, 7) is 3.88. The quantitative estimate of drug-likeness (QED) is 0.127. The van der Waals surface area contributed by atoms with Crippen molar-refractivity contribution < 1.29 is 28.7 Å². The fourth-order valence-electron chi connectivity index (χ4n) is 10.3. The molecular weight excluding hydrogens is 750 g/mol. The summed E-state index contributed by atoms with van der Waals surface area (Å²) in [6, 6.07) is 35.8. The zero-order chi connectivity index (χ0) is 39.9. The molecule has 6 aromatic rings. The Morgan fingerprint density at radius 3 is 2.33 bits per heavy atom. The van der Waals surface area contributed by atoms with E-state index in [0.29, 0.717) is 56.5 Å². The summed E-state index contributed by atoms with van der Waals surface area (Å²) in [5.74, 6) is -5.02. The first-order valence-electron chi connectivity index (χ1n) is 19.4. The summed E-state index contributed by atoms with van der Waals surface area (Å²) in [7, 11) is 0. The van der Waals surface area contributed by atoms with Gasteiger partial charge in [-0.25, -0.2) is 9.88 Å². The molecule has 2 aliphatic carbocycles. The molecule has 1 saturated carbocycles. The van der Waals surface area contributed by atoms with Crippen LogP contribution in [0, 0.1) is 23.7 Å². The summed E-state index contributed by atoms with van der Waals surface area (Å²) in [5.41, 5.74) is 3.79. The molecule has 286 valence electrons. The van der Waals surface area contributed by atoms with Crippen LogP contribution >= 0.6 is 11.6 Å². The second-order valence-electron chi connectivity index (χ2n) is 15.5. The second kappa shape index (κ2) is 13.5. The van der Waals surface area contributed by atoms with Crippen molar-refractivity contribution in [2.24, 2.45) is 23.7 Å². The Bertz CT molecular complexity index is 2710. The van der Waals surface area contributed by atoms with Crippen LogP contribution in [0.1, 0.15) is 35.4 Å². The van der Waals surface area contributed by atoms with Crippen LogP contribution in [0.2, 0.25) is 5.02 Å². The molecule has 10 rings (SSSR count). The third-order valence-electron chi connectivity index (χ3n) is 12.7. The number of aromatic nitrogens is 1. The Hall–Kier alpha value is -6.58. The van der Waals surface area contributed by atoms with Gasteiger partial charge in [0.25, 0.3) is 0 Å². The molecule has 3 fully saturated rings. The maximum atomic E-state index is 15.5. The minimum absolute atomic E-state index is 0.000989. The lowest BCUT2D eigenvalue weighted by Crippen LogP contribution is -2.53. The van der Waals surface area contributed by atoms with Gasteiger partial charge < -0.3 is 9.52 Å². The van der Waals surface area contributed by atoms with E-state index in [4.69, 9.17) is 16.0 Å². The Morgan fingerprint density at radius 1 is 0.810 bits per heavy atom.